The summed E-state index contributed by atoms with van der Waals surface area (Å²) in [4.78, 5) is 31.8. The summed E-state index contributed by atoms with van der Waals surface area (Å²) in [5.74, 6) is -1.66. The van der Waals surface area contributed by atoms with Gasteiger partial charge in [0.2, 0.25) is 5.91 Å². The third kappa shape index (κ3) is 3.27. The number of aromatic nitrogens is 1. The summed E-state index contributed by atoms with van der Waals surface area (Å²) in [5.41, 5.74) is 1.04. The molecular formula is C17H18N2O3S. The van der Waals surface area contributed by atoms with Crippen molar-refractivity contribution >= 4 is 23.2 Å². The van der Waals surface area contributed by atoms with Gasteiger partial charge in [-0.2, -0.15) is 0 Å². The molecular weight excluding hydrogens is 312 g/mol. The molecule has 1 N–H and O–H groups in total. The SMILES string of the molecule is Cc1ccc([C@@H]2[C@@H](C(=O)O)CC(=O)N2CCc2cccnc2)s1. The second-order valence-electron chi connectivity index (χ2n) is 5.74. The molecule has 6 heteroatoms. The molecule has 0 spiro atoms. The van der Waals surface area contributed by atoms with Gasteiger partial charge in [0.15, 0.2) is 0 Å². The third-order valence-electron chi connectivity index (χ3n) is 4.17. The van der Waals surface area contributed by atoms with E-state index in [0.29, 0.717) is 13.0 Å². The maximum absolute atomic E-state index is 12.4. The molecule has 0 aromatic carbocycles. The molecule has 1 amide bonds. The van der Waals surface area contributed by atoms with Gasteiger partial charge >= 0.3 is 5.97 Å². The Hall–Kier alpha value is -2.21. The Morgan fingerprint density at radius 3 is 2.87 bits per heavy atom. The Morgan fingerprint density at radius 2 is 2.26 bits per heavy atom. The lowest BCUT2D eigenvalue weighted by molar-refractivity contribution is -0.142. The molecule has 2 atom stereocenters. The summed E-state index contributed by atoms with van der Waals surface area (Å²) in [6.07, 6.45) is 4.23. The number of carboxylic acid groups (broad SMARTS) is 1. The number of thiophene rings is 1. The van der Waals surface area contributed by atoms with E-state index in [0.717, 1.165) is 15.3 Å². The predicted octanol–water partition coefficient (Wildman–Crippen LogP) is 2.67. The highest BCUT2D eigenvalue weighted by atomic mass is 32.1. The van der Waals surface area contributed by atoms with E-state index in [1.165, 1.54) is 0 Å². The zero-order valence-corrected chi connectivity index (χ0v) is 13.6. The van der Waals surface area contributed by atoms with Gasteiger partial charge in [-0.3, -0.25) is 14.6 Å². The fraction of sp³-hybridized carbons (Fsp3) is 0.353. The topological polar surface area (TPSA) is 70.5 Å². The molecule has 0 aliphatic carbocycles. The Morgan fingerprint density at radius 1 is 1.43 bits per heavy atom. The predicted molar refractivity (Wildman–Crippen MR) is 87.2 cm³/mol. The summed E-state index contributed by atoms with van der Waals surface area (Å²) in [6.45, 7) is 2.50. The number of aryl methyl sites for hydroxylation is 1. The van der Waals surface area contributed by atoms with Crippen LogP contribution in [0.4, 0.5) is 0 Å². The quantitative estimate of drug-likeness (QED) is 0.915. The summed E-state index contributed by atoms with van der Waals surface area (Å²) in [7, 11) is 0. The van der Waals surface area contributed by atoms with Gasteiger partial charge in [-0.25, -0.2) is 0 Å². The van der Waals surface area contributed by atoms with Gasteiger partial charge in [-0.1, -0.05) is 6.07 Å². The molecule has 23 heavy (non-hydrogen) atoms. The number of hydrogen-bond acceptors (Lipinski definition) is 4. The fourth-order valence-electron chi connectivity index (χ4n) is 3.04. The summed E-state index contributed by atoms with van der Waals surface area (Å²) in [5, 5.41) is 9.49. The first-order chi connectivity index (χ1) is 11.1. The lowest BCUT2D eigenvalue weighted by Crippen LogP contribution is -2.32. The highest BCUT2D eigenvalue weighted by Gasteiger charge is 2.44. The second kappa shape index (κ2) is 6.50. The van der Waals surface area contributed by atoms with Crippen molar-refractivity contribution in [3.63, 3.8) is 0 Å². The Balaban J connectivity index is 1.83. The number of hydrogen-bond donors (Lipinski definition) is 1. The fourth-order valence-corrected chi connectivity index (χ4v) is 4.09. The highest BCUT2D eigenvalue weighted by Crippen LogP contribution is 2.41. The molecule has 0 unspecified atom stereocenters. The zero-order valence-electron chi connectivity index (χ0n) is 12.8. The van der Waals surface area contributed by atoms with Crippen molar-refractivity contribution in [2.45, 2.75) is 25.8 Å². The van der Waals surface area contributed by atoms with Crippen LogP contribution in [0, 0.1) is 12.8 Å². The number of amides is 1. The van der Waals surface area contributed by atoms with Crippen molar-refractivity contribution in [1.82, 2.24) is 9.88 Å². The molecule has 3 rings (SSSR count). The minimum atomic E-state index is -0.904. The molecule has 3 heterocycles. The van der Waals surface area contributed by atoms with Crippen LogP contribution in [0.3, 0.4) is 0 Å². The van der Waals surface area contributed by atoms with Crippen molar-refractivity contribution in [2.75, 3.05) is 6.54 Å². The Bertz CT molecular complexity index is 714. The number of nitrogens with zero attached hydrogens (tertiary/aromatic N) is 2. The average molecular weight is 330 g/mol. The van der Waals surface area contributed by atoms with Crippen molar-refractivity contribution in [3.8, 4) is 0 Å². The van der Waals surface area contributed by atoms with Gasteiger partial charge in [-0.05, 0) is 37.1 Å². The smallest absolute Gasteiger partial charge is 0.309 e. The van der Waals surface area contributed by atoms with E-state index in [2.05, 4.69) is 4.98 Å². The molecule has 1 fully saturated rings. The van der Waals surface area contributed by atoms with Crippen LogP contribution in [-0.2, 0) is 16.0 Å². The number of carboxylic acids is 1. The standard InChI is InChI=1S/C17H18N2O3S/c1-11-4-5-14(23-11)16-13(17(21)22)9-15(20)19(16)8-6-12-3-2-7-18-10-12/h2-5,7,10,13,16H,6,8-9H2,1H3,(H,21,22)/t13-,16-/m0/s1. The Kier molecular flexibility index (Phi) is 4.43. The van der Waals surface area contributed by atoms with E-state index in [1.807, 2.05) is 31.2 Å². The summed E-state index contributed by atoms with van der Waals surface area (Å²) >= 11 is 1.56. The number of likely N-dealkylation sites (tertiary alicyclic amines) is 1. The van der Waals surface area contributed by atoms with Crippen molar-refractivity contribution in [1.29, 1.82) is 0 Å². The van der Waals surface area contributed by atoms with Crippen LogP contribution in [0.5, 0.6) is 0 Å². The van der Waals surface area contributed by atoms with E-state index in [9.17, 15) is 14.7 Å². The van der Waals surface area contributed by atoms with Gasteiger partial charge in [0.1, 0.15) is 0 Å². The lowest BCUT2D eigenvalue weighted by atomic mass is 9.99. The van der Waals surface area contributed by atoms with Gasteiger partial charge in [0, 0.05) is 35.1 Å². The van der Waals surface area contributed by atoms with Gasteiger partial charge in [-0.15, -0.1) is 11.3 Å². The zero-order chi connectivity index (χ0) is 16.4. The first-order valence-electron chi connectivity index (χ1n) is 7.54. The van der Waals surface area contributed by atoms with Gasteiger partial charge in [0.05, 0.1) is 12.0 Å². The van der Waals surface area contributed by atoms with Crippen molar-refractivity contribution < 1.29 is 14.7 Å². The number of rotatable bonds is 5. The van der Waals surface area contributed by atoms with E-state index in [4.69, 9.17) is 0 Å². The molecule has 120 valence electrons. The maximum Gasteiger partial charge on any atom is 0.309 e. The molecule has 1 aliphatic heterocycles. The van der Waals surface area contributed by atoms with Gasteiger partial charge < -0.3 is 10.0 Å². The van der Waals surface area contributed by atoms with Crippen LogP contribution in [0.1, 0.15) is 27.8 Å². The minimum Gasteiger partial charge on any atom is -0.481 e. The monoisotopic (exact) mass is 330 g/mol. The Labute approximate surface area is 138 Å². The molecule has 0 bridgehead atoms. The number of pyridine rings is 1. The van der Waals surface area contributed by atoms with Crippen LogP contribution in [0.2, 0.25) is 0 Å². The average Bonchev–Trinajstić information content (AvgIpc) is 3.09. The molecule has 0 saturated carbocycles. The molecule has 1 saturated heterocycles. The molecule has 0 radical (unpaired) electrons. The van der Waals surface area contributed by atoms with Crippen LogP contribution in [0.15, 0.2) is 36.7 Å². The van der Waals surface area contributed by atoms with E-state index in [1.54, 1.807) is 28.6 Å². The van der Waals surface area contributed by atoms with E-state index in [-0.39, 0.29) is 18.4 Å². The van der Waals surface area contributed by atoms with Crippen molar-refractivity contribution in [2.24, 2.45) is 5.92 Å². The number of carbonyl (C=O) groups excluding carboxylic acids is 1. The maximum atomic E-state index is 12.4. The number of carbonyl (C=O) groups is 2. The summed E-state index contributed by atoms with van der Waals surface area (Å²) < 4.78 is 0. The number of aliphatic carboxylic acids is 1. The first kappa shape index (κ1) is 15.7. The van der Waals surface area contributed by atoms with E-state index >= 15 is 0 Å². The molecule has 2 aromatic rings. The van der Waals surface area contributed by atoms with Crippen LogP contribution in [-0.4, -0.2) is 33.4 Å². The first-order valence-corrected chi connectivity index (χ1v) is 8.35. The third-order valence-corrected chi connectivity index (χ3v) is 5.24. The van der Waals surface area contributed by atoms with Crippen molar-refractivity contribution in [3.05, 3.63) is 52.0 Å². The van der Waals surface area contributed by atoms with Gasteiger partial charge in [0.25, 0.3) is 0 Å². The summed E-state index contributed by atoms with van der Waals surface area (Å²) in [6, 6.07) is 7.38. The minimum absolute atomic E-state index is 0.0734. The van der Waals surface area contributed by atoms with Crippen LogP contribution < -0.4 is 0 Å². The van der Waals surface area contributed by atoms with Crippen LogP contribution >= 0.6 is 11.3 Å². The molecule has 1 aliphatic rings. The normalized spacial score (nSPS) is 20.9. The molecule has 5 nitrogen and oxygen atoms in total. The van der Waals surface area contributed by atoms with Crippen LogP contribution in [0.25, 0.3) is 0 Å². The van der Waals surface area contributed by atoms with E-state index < -0.39 is 11.9 Å². The lowest BCUT2D eigenvalue weighted by Gasteiger charge is -2.26. The largest absolute Gasteiger partial charge is 0.481 e. The highest BCUT2D eigenvalue weighted by molar-refractivity contribution is 7.12. The molecule has 2 aromatic heterocycles. The second-order valence-corrected chi connectivity index (χ2v) is 7.06.